The molecule has 9 heavy (non-hydrogen) atoms. The van der Waals surface area contributed by atoms with Gasteiger partial charge in [-0.3, -0.25) is 0 Å². The van der Waals surface area contributed by atoms with Crippen LogP contribution in [-0.2, 0) is 10.0 Å². The highest BCUT2D eigenvalue weighted by atomic mass is 32.2. The largest absolute Gasteiger partial charge is 0.244 e. The molecule has 0 bridgehead atoms. The van der Waals surface area contributed by atoms with Crippen molar-refractivity contribution in [1.29, 1.82) is 0 Å². The lowest BCUT2D eigenvalue weighted by Gasteiger charge is -2.08. The monoisotopic (exact) mass is 150 g/mol. The van der Waals surface area contributed by atoms with Gasteiger partial charge in [-0.25, -0.2) is 18.7 Å². The third-order valence-electron chi connectivity index (χ3n) is 0.679. The molecule has 0 aromatic rings. The molecule has 0 aliphatic carbocycles. The number of nitrogens with two attached hydrogens (primary N) is 1. The topological polar surface area (TPSA) is 63.4 Å². The maximum Gasteiger partial charge on any atom is 0.244 e. The van der Waals surface area contributed by atoms with Crippen molar-refractivity contribution in [1.82, 2.24) is 4.41 Å². The van der Waals surface area contributed by atoms with Crippen LogP contribution in [0.3, 0.4) is 0 Å². The van der Waals surface area contributed by atoms with Crippen LogP contribution < -0.4 is 5.84 Å². The van der Waals surface area contributed by atoms with Crippen molar-refractivity contribution in [2.45, 2.75) is 6.92 Å². The molecule has 0 fully saturated rings. The summed E-state index contributed by atoms with van der Waals surface area (Å²) < 4.78 is 21.6. The lowest BCUT2D eigenvalue weighted by atomic mass is 10.7. The van der Waals surface area contributed by atoms with E-state index in [1.54, 1.807) is 13.0 Å². The highest BCUT2D eigenvalue weighted by Gasteiger charge is 2.03. The van der Waals surface area contributed by atoms with Gasteiger partial charge in [-0.1, -0.05) is 6.08 Å². The van der Waals surface area contributed by atoms with Crippen molar-refractivity contribution in [2.75, 3.05) is 6.26 Å². The first-order valence-corrected chi connectivity index (χ1v) is 4.20. The number of hydrogen-bond donors (Lipinski definition) is 1. The van der Waals surface area contributed by atoms with Gasteiger partial charge in [0.25, 0.3) is 0 Å². The molecule has 0 aliphatic rings. The molecule has 2 N–H and O–H groups in total. The predicted molar refractivity (Wildman–Crippen MR) is 35.7 cm³/mol. The highest BCUT2D eigenvalue weighted by Crippen LogP contribution is 1.88. The van der Waals surface area contributed by atoms with Crippen LogP contribution in [0.15, 0.2) is 12.3 Å². The second-order valence-corrected chi connectivity index (χ2v) is 3.46. The Morgan fingerprint density at radius 1 is 1.56 bits per heavy atom. The Hall–Kier alpha value is -0.550. The predicted octanol–water partition coefficient (Wildman–Crippen LogP) is -0.345. The zero-order chi connectivity index (χ0) is 7.49. The van der Waals surface area contributed by atoms with Crippen LogP contribution in [0.1, 0.15) is 6.92 Å². The van der Waals surface area contributed by atoms with Gasteiger partial charge < -0.3 is 0 Å². The summed E-state index contributed by atoms with van der Waals surface area (Å²) in [6, 6.07) is 0. The molecule has 0 atom stereocenters. The zero-order valence-electron chi connectivity index (χ0n) is 5.40. The van der Waals surface area contributed by atoms with E-state index in [0.29, 0.717) is 4.41 Å². The summed E-state index contributed by atoms with van der Waals surface area (Å²) in [7, 11) is -3.24. The van der Waals surface area contributed by atoms with Gasteiger partial charge in [0.15, 0.2) is 0 Å². The summed E-state index contributed by atoms with van der Waals surface area (Å²) in [6.45, 7) is 1.69. The Morgan fingerprint density at radius 2 is 2.00 bits per heavy atom. The summed E-state index contributed by atoms with van der Waals surface area (Å²) in [5.41, 5.74) is 0. The second kappa shape index (κ2) is 2.84. The van der Waals surface area contributed by atoms with Crippen molar-refractivity contribution >= 4 is 10.0 Å². The van der Waals surface area contributed by atoms with E-state index in [0.717, 1.165) is 6.26 Å². The Morgan fingerprint density at radius 3 is 2.11 bits per heavy atom. The zero-order valence-corrected chi connectivity index (χ0v) is 6.22. The van der Waals surface area contributed by atoms with Crippen LogP contribution in [-0.4, -0.2) is 19.1 Å². The van der Waals surface area contributed by atoms with E-state index in [1.807, 2.05) is 0 Å². The molecule has 0 aliphatic heterocycles. The number of rotatable bonds is 2. The van der Waals surface area contributed by atoms with Crippen LogP contribution in [0.5, 0.6) is 0 Å². The maximum absolute atomic E-state index is 10.5. The van der Waals surface area contributed by atoms with Crippen molar-refractivity contribution in [3.63, 3.8) is 0 Å². The van der Waals surface area contributed by atoms with E-state index in [1.165, 1.54) is 6.20 Å². The molecule has 5 heteroatoms. The highest BCUT2D eigenvalue weighted by molar-refractivity contribution is 7.88. The van der Waals surface area contributed by atoms with Gasteiger partial charge in [0.2, 0.25) is 10.0 Å². The Bertz CT molecular complexity index is 195. The second-order valence-electron chi connectivity index (χ2n) is 1.58. The molecule has 0 heterocycles. The van der Waals surface area contributed by atoms with E-state index in [-0.39, 0.29) is 0 Å². The fourth-order valence-corrected chi connectivity index (χ4v) is 0.600. The minimum absolute atomic E-state index is 0.660. The normalized spacial score (nSPS) is 12.3. The van der Waals surface area contributed by atoms with Crippen molar-refractivity contribution < 1.29 is 8.42 Å². The summed E-state index contributed by atoms with van der Waals surface area (Å²) in [5, 5.41) is 0. The molecule has 0 aromatic heterocycles. The molecule has 0 amide bonds. The van der Waals surface area contributed by atoms with Gasteiger partial charge in [-0.2, -0.15) is 0 Å². The van der Waals surface area contributed by atoms with Gasteiger partial charge in [-0.05, 0) is 6.92 Å². The maximum atomic E-state index is 10.5. The third kappa shape index (κ3) is 3.10. The van der Waals surface area contributed by atoms with E-state index in [9.17, 15) is 8.42 Å². The number of hydrazine groups is 1. The van der Waals surface area contributed by atoms with Crippen LogP contribution in [0.4, 0.5) is 0 Å². The van der Waals surface area contributed by atoms with Crippen molar-refractivity contribution in [3.05, 3.63) is 12.3 Å². The number of allylic oxidation sites excluding steroid dienone is 1. The number of sulfonamides is 1. The van der Waals surface area contributed by atoms with Crippen LogP contribution in [0, 0.1) is 0 Å². The molecular formula is C4H10N2O2S. The minimum Gasteiger partial charge on any atom is -0.234 e. The van der Waals surface area contributed by atoms with Gasteiger partial charge in [0.1, 0.15) is 0 Å². The average Bonchev–Trinajstić information content (AvgIpc) is 1.64. The quantitative estimate of drug-likeness (QED) is 0.432. The smallest absolute Gasteiger partial charge is 0.234 e. The number of nitrogens with zero attached hydrogens (tertiary/aromatic N) is 1. The third-order valence-corrected chi connectivity index (χ3v) is 1.57. The average molecular weight is 150 g/mol. The Balaban J connectivity index is 4.24. The van der Waals surface area contributed by atoms with E-state index >= 15 is 0 Å². The van der Waals surface area contributed by atoms with Crippen LogP contribution in [0.2, 0.25) is 0 Å². The van der Waals surface area contributed by atoms with E-state index in [2.05, 4.69) is 0 Å². The molecule has 0 unspecified atom stereocenters. The summed E-state index contributed by atoms with van der Waals surface area (Å²) in [5.74, 6) is 5.02. The fourth-order valence-electron chi connectivity index (χ4n) is 0.257. The lowest BCUT2D eigenvalue weighted by molar-refractivity contribution is 0.518. The molecule has 0 radical (unpaired) electrons. The molecular weight excluding hydrogens is 140 g/mol. The van der Waals surface area contributed by atoms with Crippen LogP contribution in [0.25, 0.3) is 0 Å². The van der Waals surface area contributed by atoms with E-state index < -0.39 is 10.0 Å². The van der Waals surface area contributed by atoms with Gasteiger partial charge in [0, 0.05) is 6.20 Å². The standard InChI is InChI=1S/C4H10N2O2S/c1-3-4-6(5)9(2,7)8/h3-4H,5H2,1-2H3. The molecule has 4 nitrogen and oxygen atoms in total. The Labute approximate surface area is 55.0 Å². The molecule has 0 saturated heterocycles. The van der Waals surface area contributed by atoms with Crippen molar-refractivity contribution in [2.24, 2.45) is 5.84 Å². The fraction of sp³-hybridized carbons (Fsp3) is 0.500. The first-order valence-electron chi connectivity index (χ1n) is 2.35. The lowest BCUT2D eigenvalue weighted by Crippen LogP contribution is -2.30. The molecule has 54 valence electrons. The first-order chi connectivity index (χ1) is 3.98. The van der Waals surface area contributed by atoms with Crippen molar-refractivity contribution in [3.8, 4) is 0 Å². The first kappa shape index (κ1) is 8.45. The molecule has 0 rings (SSSR count). The molecule has 0 aromatic carbocycles. The van der Waals surface area contributed by atoms with E-state index in [4.69, 9.17) is 5.84 Å². The van der Waals surface area contributed by atoms with Gasteiger partial charge in [-0.15, -0.1) is 0 Å². The Kier molecular flexibility index (Phi) is 2.66. The number of hydrogen-bond acceptors (Lipinski definition) is 3. The summed E-state index contributed by atoms with van der Waals surface area (Å²) >= 11 is 0. The van der Waals surface area contributed by atoms with Gasteiger partial charge in [0.05, 0.1) is 6.26 Å². The van der Waals surface area contributed by atoms with Crippen LogP contribution >= 0.6 is 0 Å². The summed E-state index contributed by atoms with van der Waals surface area (Å²) in [4.78, 5) is 0. The van der Waals surface area contributed by atoms with Gasteiger partial charge >= 0.3 is 0 Å². The molecule has 0 saturated carbocycles. The summed E-state index contributed by atoms with van der Waals surface area (Å²) in [6.07, 6.45) is 3.85. The molecule has 0 spiro atoms. The SMILES string of the molecule is CC=CN(N)S(C)(=O)=O. The minimum atomic E-state index is -3.24.